The van der Waals surface area contributed by atoms with E-state index in [0.717, 1.165) is 5.75 Å². The van der Waals surface area contributed by atoms with Gasteiger partial charge in [-0.05, 0) is 31.9 Å². The van der Waals surface area contributed by atoms with E-state index in [1.54, 1.807) is 11.8 Å². The summed E-state index contributed by atoms with van der Waals surface area (Å²) in [6.07, 6.45) is -0.154. The van der Waals surface area contributed by atoms with Crippen molar-refractivity contribution in [2.75, 3.05) is 12.4 Å². The molecule has 0 bridgehead atoms. The first-order chi connectivity index (χ1) is 8.15. The van der Waals surface area contributed by atoms with Gasteiger partial charge in [0.1, 0.15) is 0 Å². The second kappa shape index (κ2) is 7.35. The van der Waals surface area contributed by atoms with Crippen LogP contribution in [0.15, 0.2) is 29.2 Å². The van der Waals surface area contributed by atoms with Gasteiger partial charge in [-0.2, -0.15) is 0 Å². The molecule has 0 fully saturated rings. The van der Waals surface area contributed by atoms with Crippen LogP contribution in [0.4, 0.5) is 0 Å². The molecule has 0 saturated carbocycles. The Morgan fingerprint density at radius 3 is 2.76 bits per heavy atom. The monoisotopic (exact) mass is 254 g/mol. The first kappa shape index (κ1) is 14.1. The van der Waals surface area contributed by atoms with Crippen LogP contribution in [0.1, 0.15) is 18.9 Å². The first-order valence-corrected chi connectivity index (χ1v) is 6.66. The van der Waals surface area contributed by atoms with Gasteiger partial charge < -0.3 is 9.84 Å². The molecule has 4 heteroatoms. The van der Waals surface area contributed by atoms with Gasteiger partial charge in [-0.25, -0.2) is 4.79 Å². The second-order valence-electron chi connectivity index (χ2n) is 3.68. The molecule has 3 nitrogen and oxygen atoms in total. The third-order valence-electron chi connectivity index (χ3n) is 2.37. The second-order valence-corrected chi connectivity index (χ2v) is 4.82. The van der Waals surface area contributed by atoms with Gasteiger partial charge in [-0.1, -0.05) is 18.2 Å². The van der Waals surface area contributed by atoms with Crippen LogP contribution in [0.3, 0.4) is 0 Å². The van der Waals surface area contributed by atoms with E-state index in [-0.39, 0.29) is 0 Å². The van der Waals surface area contributed by atoms with Crippen LogP contribution in [0, 0.1) is 6.92 Å². The molecule has 17 heavy (non-hydrogen) atoms. The van der Waals surface area contributed by atoms with Gasteiger partial charge in [-0.15, -0.1) is 11.8 Å². The third-order valence-corrected chi connectivity index (χ3v) is 3.58. The molecule has 1 unspecified atom stereocenters. The van der Waals surface area contributed by atoms with E-state index in [1.165, 1.54) is 10.5 Å². The summed E-state index contributed by atoms with van der Waals surface area (Å²) in [6, 6.07) is 8.10. The van der Waals surface area contributed by atoms with E-state index >= 15 is 0 Å². The van der Waals surface area contributed by atoms with Crippen molar-refractivity contribution >= 4 is 17.7 Å². The highest BCUT2D eigenvalue weighted by Crippen LogP contribution is 2.23. The molecular weight excluding hydrogens is 236 g/mol. The molecule has 0 aliphatic rings. The van der Waals surface area contributed by atoms with E-state index in [2.05, 4.69) is 19.1 Å². The lowest BCUT2D eigenvalue weighted by Crippen LogP contribution is -2.24. The molecule has 1 N–H and O–H groups in total. The molecular formula is C13H18O3S. The minimum atomic E-state index is -0.878. The molecule has 1 aromatic carbocycles. The Morgan fingerprint density at radius 2 is 2.18 bits per heavy atom. The number of rotatable bonds is 7. The lowest BCUT2D eigenvalue weighted by atomic mass is 10.2. The number of carboxylic acids is 1. The summed E-state index contributed by atoms with van der Waals surface area (Å²) in [5.41, 5.74) is 1.22. The summed E-state index contributed by atoms with van der Waals surface area (Å²) in [5, 5.41) is 8.92. The quantitative estimate of drug-likeness (QED) is 0.760. The van der Waals surface area contributed by atoms with Gasteiger partial charge in [0.25, 0.3) is 0 Å². The number of hydrogen-bond donors (Lipinski definition) is 1. The number of carbonyl (C=O) groups is 1. The predicted octanol–water partition coefficient (Wildman–Crippen LogP) is 2.97. The summed E-state index contributed by atoms with van der Waals surface area (Å²) in [4.78, 5) is 12.1. The van der Waals surface area contributed by atoms with Crippen molar-refractivity contribution in [3.05, 3.63) is 29.8 Å². The molecule has 1 atom stereocenters. The van der Waals surface area contributed by atoms with E-state index < -0.39 is 12.1 Å². The standard InChI is InChI=1S/C13H18O3S/c1-3-16-11(13(14)15)8-9-17-12-7-5-4-6-10(12)2/h4-7,11H,3,8-9H2,1-2H3,(H,14,15). The molecule has 0 saturated heterocycles. The third kappa shape index (κ3) is 4.79. The number of thioether (sulfide) groups is 1. The van der Waals surface area contributed by atoms with E-state index in [9.17, 15) is 4.79 Å². The minimum absolute atomic E-state index is 0.437. The van der Waals surface area contributed by atoms with Crippen LogP contribution in [0.5, 0.6) is 0 Å². The molecule has 1 rings (SSSR count). The Morgan fingerprint density at radius 1 is 1.47 bits per heavy atom. The van der Waals surface area contributed by atoms with Crippen LogP contribution in [-0.4, -0.2) is 29.5 Å². The molecule has 1 aromatic rings. The van der Waals surface area contributed by atoms with Crippen LogP contribution < -0.4 is 0 Å². The van der Waals surface area contributed by atoms with E-state index in [1.807, 2.05) is 19.1 Å². The van der Waals surface area contributed by atoms with Crippen LogP contribution in [0.2, 0.25) is 0 Å². The van der Waals surface area contributed by atoms with Gasteiger partial charge in [0.2, 0.25) is 0 Å². The zero-order valence-corrected chi connectivity index (χ0v) is 11.0. The fourth-order valence-electron chi connectivity index (χ4n) is 1.47. The Bertz CT molecular complexity index is 365. The first-order valence-electron chi connectivity index (χ1n) is 5.68. The van der Waals surface area contributed by atoms with Crippen molar-refractivity contribution in [1.29, 1.82) is 0 Å². The minimum Gasteiger partial charge on any atom is -0.479 e. The van der Waals surface area contributed by atoms with Gasteiger partial charge in [0.05, 0.1) is 0 Å². The molecule has 0 heterocycles. The van der Waals surface area contributed by atoms with Crippen molar-refractivity contribution in [2.24, 2.45) is 0 Å². The number of benzene rings is 1. The maximum atomic E-state index is 10.9. The van der Waals surface area contributed by atoms with Crippen molar-refractivity contribution in [3.63, 3.8) is 0 Å². The molecule has 94 valence electrons. The lowest BCUT2D eigenvalue weighted by Gasteiger charge is -2.12. The molecule has 0 spiro atoms. The number of aliphatic carboxylic acids is 1. The SMILES string of the molecule is CCOC(CCSc1ccccc1C)C(=O)O. The highest BCUT2D eigenvalue weighted by atomic mass is 32.2. The van der Waals surface area contributed by atoms with Crippen molar-refractivity contribution in [2.45, 2.75) is 31.3 Å². The number of carboxylic acid groups (broad SMARTS) is 1. The molecule has 0 aliphatic carbocycles. The predicted molar refractivity (Wildman–Crippen MR) is 69.6 cm³/mol. The van der Waals surface area contributed by atoms with Crippen molar-refractivity contribution in [1.82, 2.24) is 0 Å². The lowest BCUT2D eigenvalue weighted by molar-refractivity contribution is -0.150. The van der Waals surface area contributed by atoms with Crippen molar-refractivity contribution < 1.29 is 14.6 Å². The fraction of sp³-hybridized carbons (Fsp3) is 0.462. The Hall–Kier alpha value is -1.00. The maximum Gasteiger partial charge on any atom is 0.332 e. The number of aryl methyl sites for hydroxylation is 1. The summed E-state index contributed by atoms with van der Waals surface area (Å²) >= 11 is 1.68. The Balaban J connectivity index is 2.41. The molecule has 0 amide bonds. The van der Waals surface area contributed by atoms with Gasteiger partial charge >= 0.3 is 5.97 Å². The largest absolute Gasteiger partial charge is 0.479 e. The van der Waals surface area contributed by atoms with Crippen LogP contribution >= 0.6 is 11.8 Å². The van der Waals surface area contributed by atoms with Crippen molar-refractivity contribution in [3.8, 4) is 0 Å². The average Bonchev–Trinajstić information content (AvgIpc) is 2.30. The maximum absolute atomic E-state index is 10.9. The normalized spacial score (nSPS) is 12.4. The van der Waals surface area contributed by atoms with Gasteiger partial charge in [0, 0.05) is 17.3 Å². The molecule has 0 aliphatic heterocycles. The zero-order valence-electron chi connectivity index (χ0n) is 10.2. The van der Waals surface area contributed by atoms with E-state index in [4.69, 9.17) is 9.84 Å². The average molecular weight is 254 g/mol. The van der Waals surface area contributed by atoms with Crippen LogP contribution in [-0.2, 0) is 9.53 Å². The van der Waals surface area contributed by atoms with E-state index in [0.29, 0.717) is 13.0 Å². The summed E-state index contributed by atoms with van der Waals surface area (Å²) in [6.45, 7) is 4.30. The Kier molecular flexibility index (Phi) is 6.08. The summed E-state index contributed by atoms with van der Waals surface area (Å²) < 4.78 is 5.16. The highest BCUT2D eigenvalue weighted by molar-refractivity contribution is 7.99. The fourth-order valence-corrected chi connectivity index (χ4v) is 2.50. The van der Waals surface area contributed by atoms with Gasteiger partial charge in [0.15, 0.2) is 6.10 Å². The summed E-state index contributed by atoms with van der Waals surface area (Å²) in [5.74, 6) is -0.126. The van der Waals surface area contributed by atoms with Crippen LogP contribution in [0.25, 0.3) is 0 Å². The zero-order chi connectivity index (χ0) is 12.7. The molecule has 0 radical (unpaired) electrons. The van der Waals surface area contributed by atoms with Gasteiger partial charge in [-0.3, -0.25) is 0 Å². The topological polar surface area (TPSA) is 46.5 Å². The smallest absolute Gasteiger partial charge is 0.332 e. The molecule has 0 aromatic heterocycles. The highest BCUT2D eigenvalue weighted by Gasteiger charge is 2.16. The summed E-state index contributed by atoms with van der Waals surface area (Å²) in [7, 11) is 0. The Labute approximate surface area is 106 Å². The number of hydrogen-bond acceptors (Lipinski definition) is 3. The number of ether oxygens (including phenoxy) is 1.